The molecule has 0 amide bonds. The Morgan fingerprint density at radius 1 is 0.636 bits per heavy atom. The van der Waals surface area contributed by atoms with E-state index in [-0.39, 0.29) is 0 Å². The molecule has 22 heavy (non-hydrogen) atoms. The van der Waals surface area contributed by atoms with Crippen LogP contribution in [-0.4, -0.2) is 75.2 Å². The van der Waals surface area contributed by atoms with Crippen LogP contribution in [0.5, 0.6) is 0 Å². The molecule has 0 saturated heterocycles. The number of hydrogen-bond acceptors (Lipinski definition) is 4. The zero-order chi connectivity index (χ0) is 15.6. The minimum Gasteiger partial charge on any atom is -0.317 e. The van der Waals surface area contributed by atoms with Gasteiger partial charge in [-0.25, -0.2) is 0 Å². The number of nitrogens with one attached hydrogen (secondary N) is 2. The second kappa shape index (κ2) is 10.6. The van der Waals surface area contributed by atoms with Crippen LogP contribution in [0.4, 0.5) is 0 Å². The maximum Gasteiger partial charge on any atom is 0.00933 e. The molecule has 0 spiro atoms. The predicted octanol–water partition coefficient (Wildman–Crippen LogP) is 1.91. The van der Waals surface area contributed by atoms with Crippen molar-refractivity contribution in [2.45, 2.75) is 63.5 Å². The summed E-state index contributed by atoms with van der Waals surface area (Å²) in [5.41, 5.74) is 0. The average molecular weight is 311 g/mol. The fourth-order valence-electron chi connectivity index (χ4n) is 3.05. The van der Waals surface area contributed by atoms with Gasteiger partial charge in [-0.15, -0.1) is 0 Å². The molecule has 130 valence electrons. The Hall–Kier alpha value is -0.160. The highest BCUT2D eigenvalue weighted by Crippen LogP contribution is 2.25. The van der Waals surface area contributed by atoms with Crippen LogP contribution < -0.4 is 10.6 Å². The average Bonchev–Trinajstić information content (AvgIpc) is 3.40. The first-order valence-electron chi connectivity index (χ1n) is 9.59. The van der Waals surface area contributed by atoms with Crippen molar-refractivity contribution in [3.05, 3.63) is 0 Å². The zero-order valence-electron chi connectivity index (χ0n) is 14.9. The quantitative estimate of drug-likeness (QED) is 0.452. The molecular formula is C18H38N4. The summed E-state index contributed by atoms with van der Waals surface area (Å²) in [5, 5.41) is 7.15. The molecule has 2 saturated carbocycles. The van der Waals surface area contributed by atoms with Crippen LogP contribution in [-0.2, 0) is 0 Å². The summed E-state index contributed by atoms with van der Waals surface area (Å²) in [6.07, 6.45) is 10.9. The van der Waals surface area contributed by atoms with Crippen molar-refractivity contribution in [3.63, 3.8) is 0 Å². The van der Waals surface area contributed by atoms with Gasteiger partial charge in [0.2, 0.25) is 0 Å². The van der Waals surface area contributed by atoms with Crippen LogP contribution in [0.25, 0.3) is 0 Å². The molecule has 2 aliphatic rings. The van der Waals surface area contributed by atoms with Crippen LogP contribution in [0, 0.1) is 0 Å². The van der Waals surface area contributed by atoms with E-state index >= 15 is 0 Å². The molecule has 0 aromatic heterocycles. The van der Waals surface area contributed by atoms with Gasteiger partial charge in [0.15, 0.2) is 0 Å². The lowest BCUT2D eigenvalue weighted by molar-refractivity contribution is 0.316. The molecule has 0 bridgehead atoms. The molecule has 0 radical (unpaired) electrons. The molecule has 2 N–H and O–H groups in total. The summed E-state index contributed by atoms with van der Waals surface area (Å²) in [5.74, 6) is 0. The molecule has 0 aromatic rings. The van der Waals surface area contributed by atoms with Crippen molar-refractivity contribution in [2.75, 3.05) is 53.4 Å². The predicted molar refractivity (Wildman–Crippen MR) is 95.5 cm³/mol. The van der Waals surface area contributed by atoms with E-state index in [0.717, 1.165) is 12.1 Å². The summed E-state index contributed by atoms with van der Waals surface area (Å²) < 4.78 is 0. The van der Waals surface area contributed by atoms with Gasteiger partial charge >= 0.3 is 0 Å². The Bertz CT molecular complexity index is 248. The molecule has 0 heterocycles. The number of unbranched alkanes of at least 4 members (excludes halogenated alkanes) is 1. The van der Waals surface area contributed by atoms with Gasteiger partial charge in [0, 0.05) is 12.1 Å². The Labute approximate surface area is 138 Å². The van der Waals surface area contributed by atoms with Crippen LogP contribution in [0.2, 0.25) is 0 Å². The summed E-state index contributed by atoms with van der Waals surface area (Å²) >= 11 is 0. The van der Waals surface area contributed by atoms with Gasteiger partial charge in [-0.3, -0.25) is 0 Å². The van der Waals surface area contributed by atoms with E-state index in [2.05, 4.69) is 34.5 Å². The smallest absolute Gasteiger partial charge is 0.00933 e. The van der Waals surface area contributed by atoms with E-state index in [9.17, 15) is 0 Å². The number of hydrogen-bond donors (Lipinski definition) is 2. The van der Waals surface area contributed by atoms with Crippen LogP contribution in [0.1, 0.15) is 51.4 Å². The molecule has 0 unspecified atom stereocenters. The van der Waals surface area contributed by atoms with Gasteiger partial charge in [0.1, 0.15) is 0 Å². The lowest BCUT2D eigenvalue weighted by Crippen LogP contribution is -2.27. The molecule has 2 rings (SSSR count). The maximum atomic E-state index is 3.58. The van der Waals surface area contributed by atoms with E-state index in [0.29, 0.717) is 0 Å². The molecule has 4 nitrogen and oxygen atoms in total. The summed E-state index contributed by atoms with van der Waals surface area (Å²) in [6, 6.07) is 1.82. The Kier molecular flexibility index (Phi) is 8.75. The zero-order valence-corrected chi connectivity index (χ0v) is 14.9. The SMILES string of the molecule is CN(CCCNCCCCNCCCN(C)C1CC1)C1CC1. The largest absolute Gasteiger partial charge is 0.317 e. The molecule has 2 fully saturated rings. The van der Waals surface area contributed by atoms with E-state index in [1.165, 1.54) is 90.6 Å². The van der Waals surface area contributed by atoms with Crippen LogP contribution >= 0.6 is 0 Å². The van der Waals surface area contributed by atoms with E-state index in [1.54, 1.807) is 0 Å². The second-order valence-electron chi connectivity index (χ2n) is 7.34. The van der Waals surface area contributed by atoms with Crippen molar-refractivity contribution < 1.29 is 0 Å². The maximum absolute atomic E-state index is 3.58. The van der Waals surface area contributed by atoms with Crippen molar-refractivity contribution >= 4 is 0 Å². The van der Waals surface area contributed by atoms with Crippen molar-refractivity contribution in [2.24, 2.45) is 0 Å². The summed E-state index contributed by atoms with van der Waals surface area (Å²) in [7, 11) is 4.54. The third-order valence-electron chi connectivity index (χ3n) is 5.03. The van der Waals surface area contributed by atoms with E-state index < -0.39 is 0 Å². The van der Waals surface area contributed by atoms with Crippen molar-refractivity contribution in [1.82, 2.24) is 20.4 Å². The lowest BCUT2D eigenvalue weighted by Gasteiger charge is -2.15. The van der Waals surface area contributed by atoms with Gasteiger partial charge in [-0.2, -0.15) is 0 Å². The molecular weight excluding hydrogens is 272 g/mol. The van der Waals surface area contributed by atoms with E-state index in [1.807, 2.05) is 0 Å². The molecule has 0 aromatic carbocycles. The van der Waals surface area contributed by atoms with Crippen LogP contribution in [0.15, 0.2) is 0 Å². The third-order valence-corrected chi connectivity index (χ3v) is 5.03. The highest BCUT2D eigenvalue weighted by atomic mass is 15.2. The lowest BCUT2D eigenvalue weighted by atomic mass is 10.3. The van der Waals surface area contributed by atoms with Gasteiger partial charge in [0.25, 0.3) is 0 Å². The second-order valence-corrected chi connectivity index (χ2v) is 7.34. The minimum absolute atomic E-state index is 0.912. The summed E-state index contributed by atoms with van der Waals surface area (Å²) in [4.78, 5) is 5.04. The topological polar surface area (TPSA) is 30.5 Å². The first-order chi connectivity index (χ1) is 10.8. The summed E-state index contributed by atoms with van der Waals surface area (Å²) in [6.45, 7) is 7.23. The Morgan fingerprint density at radius 3 is 1.36 bits per heavy atom. The number of rotatable bonds is 15. The fourth-order valence-corrected chi connectivity index (χ4v) is 3.05. The highest BCUT2D eigenvalue weighted by Gasteiger charge is 2.25. The highest BCUT2D eigenvalue weighted by molar-refractivity contribution is 4.82. The standard InChI is InChI=1S/C18H38N4/c1-21(17-7-8-17)15-5-13-19-11-3-4-12-20-14-6-16-22(2)18-9-10-18/h17-20H,3-16H2,1-2H3. The third kappa shape index (κ3) is 8.47. The van der Waals surface area contributed by atoms with Crippen molar-refractivity contribution in [1.29, 1.82) is 0 Å². The van der Waals surface area contributed by atoms with E-state index in [4.69, 9.17) is 0 Å². The van der Waals surface area contributed by atoms with Gasteiger partial charge < -0.3 is 20.4 Å². The monoisotopic (exact) mass is 310 g/mol. The van der Waals surface area contributed by atoms with Gasteiger partial charge in [0.05, 0.1) is 0 Å². The molecule has 0 aliphatic heterocycles. The first-order valence-corrected chi connectivity index (χ1v) is 9.59. The first kappa shape index (κ1) is 18.2. The van der Waals surface area contributed by atoms with Gasteiger partial charge in [-0.1, -0.05) is 0 Å². The van der Waals surface area contributed by atoms with Gasteiger partial charge in [-0.05, 0) is 105 Å². The Balaban J connectivity index is 1.23. The molecule has 4 heteroatoms. The minimum atomic E-state index is 0.912. The number of nitrogens with zero attached hydrogens (tertiary/aromatic N) is 2. The van der Waals surface area contributed by atoms with Crippen molar-refractivity contribution in [3.8, 4) is 0 Å². The normalized spacial score (nSPS) is 18.5. The fraction of sp³-hybridized carbons (Fsp3) is 1.00. The van der Waals surface area contributed by atoms with Crippen LogP contribution in [0.3, 0.4) is 0 Å². The molecule has 2 aliphatic carbocycles. The molecule has 0 atom stereocenters. The Morgan fingerprint density at radius 2 is 1.00 bits per heavy atom.